The lowest BCUT2D eigenvalue weighted by molar-refractivity contribution is 0.513. The smallest absolute Gasteiger partial charge is 0.117 e. The minimum Gasteiger partial charge on any atom is -0.508 e. The summed E-state index contributed by atoms with van der Waals surface area (Å²) in [5.74, 6) is 0.0682. The summed E-state index contributed by atoms with van der Waals surface area (Å²) in [6.45, 7) is 17.3. The van der Waals surface area contributed by atoms with E-state index in [1.54, 1.807) is 6.08 Å². The van der Waals surface area contributed by atoms with Gasteiger partial charge in [0, 0.05) is 17.0 Å². The Bertz CT molecular complexity index is 603. The second kappa shape index (κ2) is 6.96. The maximum Gasteiger partial charge on any atom is 0.117 e. The number of rotatable bonds is 6. The second-order valence-corrected chi connectivity index (χ2v) is 5.35. The Morgan fingerprint density at radius 2 is 2.05 bits per heavy atom. The average Bonchev–Trinajstić information content (AvgIpc) is 2.79. The molecule has 2 nitrogen and oxygen atoms in total. The van der Waals surface area contributed by atoms with Crippen LogP contribution >= 0.6 is 11.3 Å². The largest absolute Gasteiger partial charge is 0.508 e. The first-order chi connectivity index (χ1) is 9.42. The molecular weight excluding hydrogens is 266 g/mol. The highest BCUT2D eigenvalue weighted by molar-refractivity contribution is 7.11. The standard InChI is InChI=1S/C17H21NOS/c1-7-9-15(11(3)8-2)18-13(5)17-16(14(6)19)12(4)10-20-17/h7-10,18-19H,2,5-6H2,1,3-4H3/b9-7-,15-11+. The van der Waals surface area contributed by atoms with Gasteiger partial charge in [0.2, 0.25) is 0 Å². The molecule has 1 heterocycles. The number of hydrogen-bond acceptors (Lipinski definition) is 3. The van der Waals surface area contributed by atoms with Crippen LogP contribution in [0.4, 0.5) is 0 Å². The molecule has 1 aromatic heterocycles. The summed E-state index contributed by atoms with van der Waals surface area (Å²) < 4.78 is 0. The molecule has 0 bridgehead atoms. The third kappa shape index (κ3) is 3.52. The van der Waals surface area contributed by atoms with Gasteiger partial charge < -0.3 is 10.4 Å². The molecule has 3 heteroatoms. The normalized spacial score (nSPS) is 12.2. The van der Waals surface area contributed by atoms with Crippen LogP contribution in [-0.2, 0) is 0 Å². The highest BCUT2D eigenvalue weighted by Gasteiger charge is 2.14. The van der Waals surface area contributed by atoms with Crippen LogP contribution < -0.4 is 5.32 Å². The first-order valence-corrected chi connectivity index (χ1v) is 7.19. The zero-order chi connectivity index (χ0) is 15.3. The molecule has 1 aromatic rings. The van der Waals surface area contributed by atoms with Gasteiger partial charge in [-0.15, -0.1) is 11.3 Å². The topological polar surface area (TPSA) is 32.3 Å². The van der Waals surface area contributed by atoms with Crippen LogP contribution in [0.5, 0.6) is 0 Å². The number of thiophene rings is 1. The second-order valence-electron chi connectivity index (χ2n) is 4.47. The Hall–Kier alpha value is -2.00. The van der Waals surface area contributed by atoms with Gasteiger partial charge >= 0.3 is 0 Å². The van der Waals surface area contributed by atoms with E-state index in [4.69, 9.17) is 0 Å². The van der Waals surface area contributed by atoms with Crippen molar-refractivity contribution < 1.29 is 5.11 Å². The van der Waals surface area contributed by atoms with Crippen molar-refractivity contribution in [2.75, 3.05) is 0 Å². The van der Waals surface area contributed by atoms with E-state index in [2.05, 4.69) is 25.1 Å². The van der Waals surface area contributed by atoms with Gasteiger partial charge in [0.25, 0.3) is 0 Å². The Morgan fingerprint density at radius 1 is 1.40 bits per heavy atom. The van der Waals surface area contributed by atoms with E-state index in [1.165, 1.54) is 11.3 Å². The fourth-order valence-corrected chi connectivity index (χ4v) is 2.79. The number of allylic oxidation sites excluding steroid dienone is 4. The SMILES string of the molecule is C=C/C(C)=C(\C=C/C)NC(=C)c1scc(C)c1C(=C)O. The van der Waals surface area contributed by atoms with E-state index in [0.717, 1.165) is 33.0 Å². The van der Waals surface area contributed by atoms with E-state index < -0.39 is 0 Å². The molecule has 106 valence electrons. The van der Waals surface area contributed by atoms with E-state index in [1.807, 2.05) is 38.3 Å². The van der Waals surface area contributed by atoms with Crippen LogP contribution in [0, 0.1) is 6.92 Å². The maximum absolute atomic E-state index is 9.72. The van der Waals surface area contributed by atoms with Crippen molar-refractivity contribution in [1.29, 1.82) is 0 Å². The van der Waals surface area contributed by atoms with Crippen molar-refractivity contribution in [2.24, 2.45) is 0 Å². The molecule has 1 rings (SSSR count). The summed E-state index contributed by atoms with van der Waals surface area (Å²) in [4.78, 5) is 0.897. The van der Waals surface area contributed by atoms with Gasteiger partial charge in [-0.2, -0.15) is 0 Å². The number of nitrogens with one attached hydrogen (secondary N) is 1. The van der Waals surface area contributed by atoms with Gasteiger partial charge in [-0.05, 0) is 43.4 Å². The number of aliphatic hydroxyl groups is 1. The lowest BCUT2D eigenvalue weighted by Crippen LogP contribution is -2.11. The first kappa shape index (κ1) is 16.1. The van der Waals surface area contributed by atoms with Crippen LogP contribution in [0.2, 0.25) is 0 Å². The van der Waals surface area contributed by atoms with E-state index in [-0.39, 0.29) is 5.76 Å². The Morgan fingerprint density at radius 3 is 2.55 bits per heavy atom. The third-order valence-corrected chi connectivity index (χ3v) is 4.05. The highest BCUT2D eigenvalue weighted by atomic mass is 32.1. The van der Waals surface area contributed by atoms with Crippen molar-refractivity contribution in [3.05, 3.63) is 70.6 Å². The fourth-order valence-electron chi connectivity index (χ4n) is 1.79. The quantitative estimate of drug-likeness (QED) is 0.558. The van der Waals surface area contributed by atoms with Crippen LogP contribution in [0.3, 0.4) is 0 Å². The molecule has 0 aliphatic heterocycles. The van der Waals surface area contributed by atoms with Gasteiger partial charge in [-0.1, -0.05) is 31.9 Å². The molecule has 0 spiro atoms. The number of aryl methyl sites for hydroxylation is 1. The highest BCUT2D eigenvalue weighted by Crippen LogP contribution is 2.31. The minimum atomic E-state index is 0.0682. The van der Waals surface area contributed by atoms with Crippen LogP contribution in [0.1, 0.15) is 29.9 Å². The van der Waals surface area contributed by atoms with Gasteiger partial charge in [0.15, 0.2) is 0 Å². The summed E-state index contributed by atoms with van der Waals surface area (Å²) in [6.07, 6.45) is 5.71. The molecule has 0 saturated heterocycles. The van der Waals surface area contributed by atoms with Crippen LogP contribution in [-0.4, -0.2) is 5.11 Å². The summed E-state index contributed by atoms with van der Waals surface area (Å²) in [5, 5.41) is 15.0. The lowest BCUT2D eigenvalue weighted by atomic mass is 10.1. The van der Waals surface area contributed by atoms with Crippen LogP contribution in [0.15, 0.2) is 54.6 Å². The average molecular weight is 287 g/mol. The molecule has 0 aromatic carbocycles. The van der Waals surface area contributed by atoms with E-state index in [0.29, 0.717) is 0 Å². The zero-order valence-corrected chi connectivity index (χ0v) is 13.1. The Kier molecular flexibility index (Phi) is 5.59. The summed E-state index contributed by atoms with van der Waals surface area (Å²) in [6, 6.07) is 0. The maximum atomic E-state index is 9.72. The predicted molar refractivity (Wildman–Crippen MR) is 90.6 cm³/mol. The van der Waals surface area contributed by atoms with E-state index >= 15 is 0 Å². The molecule has 0 fully saturated rings. The number of hydrogen-bond donors (Lipinski definition) is 2. The Balaban J connectivity index is 3.14. The molecule has 0 aliphatic rings. The van der Waals surface area contributed by atoms with E-state index in [9.17, 15) is 5.11 Å². The fraction of sp³-hybridized carbons (Fsp3) is 0.176. The molecule has 0 radical (unpaired) electrons. The van der Waals surface area contributed by atoms with Gasteiger partial charge in [-0.25, -0.2) is 0 Å². The van der Waals surface area contributed by atoms with Crippen molar-refractivity contribution >= 4 is 22.8 Å². The third-order valence-electron chi connectivity index (χ3n) is 2.89. The molecule has 0 saturated carbocycles. The molecule has 0 amide bonds. The summed E-state index contributed by atoms with van der Waals surface area (Å²) in [7, 11) is 0. The summed E-state index contributed by atoms with van der Waals surface area (Å²) in [5.41, 5.74) is 4.46. The molecule has 0 aliphatic carbocycles. The summed E-state index contributed by atoms with van der Waals surface area (Å²) >= 11 is 1.54. The van der Waals surface area contributed by atoms with Crippen molar-refractivity contribution in [2.45, 2.75) is 20.8 Å². The monoisotopic (exact) mass is 287 g/mol. The molecule has 0 unspecified atom stereocenters. The van der Waals surface area contributed by atoms with Crippen molar-refractivity contribution in [3.8, 4) is 0 Å². The zero-order valence-electron chi connectivity index (χ0n) is 12.3. The van der Waals surface area contributed by atoms with Gasteiger partial charge in [0.1, 0.15) is 5.76 Å². The lowest BCUT2D eigenvalue weighted by Gasteiger charge is -2.13. The Labute approximate surface area is 125 Å². The molecule has 20 heavy (non-hydrogen) atoms. The molecule has 0 atom stereocenters. The van der Waals surface area contributed by atoms with Crippen molar-refractivity contribution in [1.82, 2.24) is 5.32 Å². The first-order valence-electron chi connectivity index (χ1n) is 6.31. The number of aliphatic hydroxyl groups excluding tert-OH is 1. The molecular formula is C17H21NOS. The minimum absolute atomic E-state index is 0.0682. The van der Waals surface area contributed by atoms with Gasteiger partial charge in [-0.3, -0.25) is 0 Å². The van der Waals surface area contributed by atoms with Crippen LogP contribution in [0.25, 0.3) is 11.5 Å². The van der Waals surface area contributed by atoms with Crippen molar-refractivity contribution in [3.63, 3.8) is 0 Å². The van der Waals surface area contributed by atoms with Gasteiger partial charge in [0.05, 0.1) is 4.88 Å². The molecule has 2 N–H and O–H groups in total. The predicted octanol–water partition coefficient (Wildman–Crippen LogP) is 5.18.